The maximum atomic E-state index is 12.6. The lowest BCUT2D eigenvalue weighted by Crippen LogP contribution is -2.06. The van der Waals surface area contributed by atoms with Gasteiger partial charge in [-0.2, -0.15) is 13.2 Å². The van der Waals surface area contributed by atoms with Crippen LogP contribution in [0.4, 0.5) is 18.9 Å². The Morgan fingerprint density at radius 1 is 1.14 bits per heavy atom. The van der Waals surface area contributed by atoms with Crippen molar-refractivity contribution in [3.8, 4) is 5.75 Å². The number of nitrogens with two attached hydrogens (primary N) is 1. The van der Waals surface area contributed by atoms with Gasteiger partial charge in [-0.3, -0.25) is 4.40 Å². The third-order valence-corrected chi connectivity index (χ3v) is 3.06. The summed E-state index contributed by atoms with van der Waals surface area (Å²) in [5.41, 5.74) is 5.93. The SMILES string of the molecule is Nc1cccn2c(COc3cccc(C(F)(F)F)c3)nnc12. The summed E-state index contributed by atoms with van der Waals surface area (Å²) in [7, 11) is 0. The van der Waals surface area contributed by atoms with Gasteiger partial charge < -0.3 is 10.5 Å². The molecule has 5 nitrogen and oxygen atoms in total. The van der Waals surface area contributed by atoms with Crippen molar-refractivity contribution in [2.45, 2.75) is 12.8 Å². The van der Waals surface area contributed by atoms with Gasteiger partial charge in [0.05, 0.1) is 11.3 Å². The maximum absolute atomic E-state index is 12.6. The molecule has 0 spiro atoms. The highest BCUT2D eigenvalue weighted by Gasteiger charge is 2.30. The molecule has 0 aliphatic rings. The molecule has 0 aliphatic carbocycles. The van der Waals surface area contributed by atoms with E-state index in [4.69, 9.17) is 10.5 Å². The van der Waals surface area contributed by atoms with Crippen molar-refractivity contribution in [1.29, 1.82) is 0 Å². The highest BCUT2D eigenvalue weighted by molar-refractivity contribution is 5.63. The number of hydrogen-bond donors (Lipinski definition) is 1. The Balaban J connectivity index is 1.81. The monoisotopic (exact) mass is 308 g/mol. The van der Waals surface area contributed by atoms with E-state index >= 15 is 0 Å². The van der Waals surface area contributed by atoms with Crippen molar-refractivity contribution in [2.75, 3.05) is 5.73 Å². The zero-order valence-corrected chi connectivity index (χ0v) is 11.2. The minimum atomic E-state index is -4.41. The number of alkyl halides is 3. The van der Waals surface area contributed by atoms with Crippen LogP contribution in [0.1, 0.15) is 11.4 Å². The van der Waals surface area contributed by atoms with Gasteiger partial charge in [-0.15, -0.1) is 10.2 Å². The van der Waals surface area contributed by atoms with Crippen LogP contribution in [0.2, 0.25) is 0 Å². The molecule has 2 aromatic heterocycles. The molecule has 114 valence electrons. The summed E-state index contributed by atoms with van der Waals surface area (Å²) in [5.74, 6) is 0.551. The van der Waals surface area contributed by atoms with Crippen molar-refractivity contribution in [2.24, 2.45) is 0 Å². The number of benzene rings is 1. The van der Waals surface area contributed by atoms with Crippen LogP contribution in [0.3, 0.4) is 0 Å². The van der Waals surface area contributed by atoms with E-state index in [0.717, 1.165) is 12.1 Å². The minimum absolute atomic E-state index is 0.0219. The van der Waals surface area contributed by atoms with Crippen LogP contribution in [0, 0.1) is 0 Å². The first kappa shape index (κ1) is 14.2. The summed E-state index contributed by atoms with van der Waals surface area (Å²) in [6.45, 7) is -0.0219. The number of rotatable bonds is 3. The second kappa shape index (κ2) is 5.21. The average molecular weight is 308 g/mol. The standard InChI is InChI=1S/C14H11F3N4O/c15-14(16,17)9-3-1-4-10(7-9)22-8-12-19-20-13-11(18)5-2-6-21(12)13/h1-7H,8,18H2. The van der Waals surface area contributed by atoms with Gasteiger partial charge in [-0.05, 0) is 30.3 Å². The molecular formula is C14H11F3N4O. The van der Waals surface area contributed by atoms with Crippen LogP contribution in [-0.2, 0) is 12.8 Å². The molecule has 22 heavy (non-hydrogen) atoms. The van der Waals surface area contributed by atoms with Crippen molar-refractivity contribution in [1.82, 2.24) is 14.6 Å². The molecule has 0 aliphatic heterocycles. The van der Waals surface area contributed by atoms with E-state index in [9.17, 15) is 13.2 Å². The molecule has 0 radical (unpaired) electrons. The number of fused-ring (bicyclic) bond motifs is 1. The zero-order chi connectivity index (χ0) is 15.7. The zero-order valence-electron chi connectivity index (χ0n) is 11.2. The second-order valence-corrected chi connectivity index (χ2v) is 4.59. The van der Waals surface area contributed by atoms with Crippen LogP contribution in [0.5, 0.6) is 5.75 Å². The maximum Gasteiger partial charge on any atom is 0.416 e. The largest absolute Gasteiger partial charge is 0.486 e. The van der Waals surface area contributed by atoms with Gasteiger partial charge in [-0.1, -0.05) is 6.07 Å². The molecule has 0 atom stereocenters. The Labute approximate surface area is 123 Å². The van der Waals surface area contributed by atoms with Gasteiger partial charge in [0.2, 0.25) is 0 Å². The number of halogens is 3. The lowest BCUT2D eigenvalue weighted by molar-refractivity contribution is -0.137. The lowest BCUT2D eigenvalue weighted by Gasteiger charge is -2.09. The first-order valence-corrected chi connectivity index (χ1v) is 6.33. The summed E-state index contributed by atoms with van der Waals surface area (Å²) in [5, 5.41) is 7.84. The Bertz CT molecular complexity index is 813. The van der Waals surface area contributed by atoms with E-state index in [0.29, 0.717) is 17.2 Å². The minimum Gasteiger partial charge on any atom is -0.486 e. The molecule has 3 rings (SSSR count). The molecule has 3 aromatic rings. The van der Waals surface area contributed by atoms with Crippen molar-refractivity contribution < 1.29 is 17.9 Å². The first-order chi connectivity index (χ1) is 10.4. The predicted octanol–water partition coefficient (Wildman–Crippen LogP) is 2.91. The topological polar surface area (TPSA) is 65.4 Å². The number of anilines is 1. The Morgan fingerprint density at radius 2 is 1.95 bits per heavy atom. The van der Waals surface area contributed by atoms with Gasteiger partial charge in [0.25, 0.3) is 0 Å². The third kappa shape index (κ3) is 2.67. The molecule has 0 saturated carbocycles. The van der Waals surface area contributed by atoms with Crippen molar-refractivity contribution in [3.05, 3.63) is 54.0 Å². The Morgan fingerprint density at radius 3 is 2.73 bits per heavy atom. The molecule has 0 unspecified atom stereocenters. The molecule has 8 heteroatoms. The number of ether oxygens (including phenoxy) is 1. The summed E-state index contributed by atoms with van der Waals surface area (Å²) < 4.78 is 44.9. The molecular weight excluding hydrogens is 297 g/mol. The summed E-state index contributed by atoms with van der Waals surface area (Å²) in [6, 6.07) is 8.07. The molecule has 2 heterocycles. The molecule has 0 fully saturated rings. The van der Waals surface area contributed by atoms with Crippen LogP contribution in [0.25, 0.3) is 5.65 Å². The number of aromatic nitrogens is 3. The molecule has 1 aromatic carbocycles. The molecule has 0 amide bonds. The van der Waals surface area contributed by atoms with Gasteiger partial charge in [0.15, 0.2) is 11.5 Å². The molecule has 0 bridgehead atoms. The number of pyridine rings is 1. The highest BCUT2D eigenvalue weighted by atomic mass is 19.4. The summed E-state index contributed by atoms with van der Waals surface area (Å²) in [6.07, 6.45) is -2.70. The quantitative estimate of drug-likeness (QED) is 0.808. The summed E-state index contributed by atoms with van der Waals surface area (Å²) in [4.78, 5) is 0. The third-order valence-electron chi connectivity index (χ3n) is 3.06. The lowest BCUT2D eigenvalue weighted by atomic mass is 10.2. The molecule has 0 saturated heterocycles. The smallest absolute Gasteiger partial charge is 0.416 e. The number of nitrogen functional groups attached to an aromatic ring is 1. The number of nitrogens with zero attached hydrogens (tertiary/aromatic N) is 3. The van der Waals surface area contributed by atoms with E-state index < -0.39 is 11.7 Å². The van der Waals surface area contributed by atoms with E-state index in [1.54, 1.807) is 22.7 Å². The van der Waals surface area contributed by atoms with Gasteiger partial charge in [0.1, 0.15) is 12.4 Å². The normalized spacial score (nSPS) is 11.8. The predicted molar refractivity (Wildman–Crippen MR) is 73.2 cm³/mol. The van der Waals surface area contributed by atoms with E-state index in [2.05, 4.69) is 10.2 Å². The van der Waals surface area contributed by atoms with Gasteiger partial charge in [-0.25, -0.2) is 0 Å². The van der Waals surface area contributed by atoms with Crippen LogP contribution in [0.15, 0.2) is 42.6 Å². The first-order valence-electron chi connectivity index (χ1n) is 6.33. The average Bonchev–Trinajstić information content (AvgIpc) is 2.89. The van der Waals surface area contributed by atoms with Crippen molar-refractivity contribution in [3.63, 3.8) is 0 Å². The number of hydrogen-bond acceptors (Lipinski definition) is 4. The Hall–Kier alpha value is -2.77. The van der Waals surface area contributed by atoms with Gasteiger partial charge >= 0.3 is 6.18 Å². The van der Waals surface area contributed by atoms with E-state index in [1.807, 2.05) is 0 Å². The van der Waals surface area contributed by atoms with E-state index in [-0.39, 0.29) is 12.4 Å². The van der Waals surface area contributed by atoms with Crippen molar-refractivity contribution >= 4 is 11.3 Å². The van der Waals surface area contributed by atoms with Crippen LogP contribution in [-0.4, -0.2) is 14.6 Å². The van der Waals surface area contributed by atoms with E-state index in [1.165, 1.54) is 12.1 Å². The summed E-state index contributed by atoms with van der Waals surface area (Å²) >= 11 is 0. The highest BCUT2D eigenvalue weighted by Crippen LogP contribution is 2.31. The second-order valence-electron chi connectivity index (χ2n) is 4.59. The fraction of sp³-hybridized carbons (Fsp3) is 0.143. The fourth-order valence-corrected chi connectivity index (χ4v) is 1.99. The Kier molecular flexibility index (Phi) is 3.36. The fourth-order valence-electron chi connectivity index (χ4n) is 1.99. The molecule has 2 N–H and O–H groups in total. The van der Waals surface area contributed by atoms with Gasteiger partial charge in [0, 0.05) is 6.20 Å². The van der Waals surface area contributed by atoms with Crippen LogP contribution < -0.4 is 10.5 Å². The van der Waals surface area contributed by atoms with Crippen LogP contribution >= 0.6 is 0 Å².